The van der Waals surface area contributed by atoms with Gasteiger partial charge in [-0.1, -0.05) is 0 Å². The first-order chi connectivity index (χ1) is 9.20. The Morgan fingerprint density at radius 2 is 2.05 bits per heavy atom. The van der Waals surface area contributed by atoms with E-state index in [1.807, 2.05) is 31.4 Å². The second kappa shape index (κ2) is 5.33. The highest BCUT2D eigenvalue weighted by Crippen LogP contribution is 2.28. The number of halogens is 1. The van der Waals surface area contributed by atoms with Gasteiger partial charge in [-0.2, -0.15) is 0 Å². The molecule has 0 bridgehead atoms. The number of alkyl halides is 1. The number of hydrogen-bond donors (Lipinski definition) is 0. The third kappa shape index (κ3) is 2.96. The largest absolute Gasteiger partial charge is 0.308 e. The maximum absolute atomic E-state index is 11.5. The van der Waals surface area contributed by atoms with Crippen molar-refractivity contribution < 1.29 is 8.42 Å². The van der Waals surface area contributed by atoms with Crippen molar-refractivity contribution in [2.75, 3.05) is 12.0 Å². The van der Waals surface area contributed by atoms with Gasteiger partial charge >= 0.3 is 0 Å². The van der Waals surface area contributed by atoms with Crippen LogP contribution in [0, 0.1) is 6.92 Å². The topological polar surface area (TPSA) is 64.8 Å². The van der Waals surface area contributed by atoms with Gasteiger partial charge in [-0.25, -0.2) is 18.4 Å². The average molecular weight is 316 g/mol. The van der Waals surface area contributed by atoms with Crippen LogP contribution in [0.2, 0.25) is 0 Å². The molecule has 5 nitrogen and oxygen atoms in total. The third-order valence-corrected chi connectivity index (χ3v) is 4.43. The number of nitrogens with zero attached hydrogens (tertiary/aromatic N) is 3. The smallest absolute Gasteiger partial charge is 0.160 e. The summed E-state index contributed by atoms with van der Waals surface area (Å²) in [5.74, 6) is 0.685. The predicted octanol–water partition coefficient (Wildman–Crippen LogP) is 2.65. The number of hydrogen-bond acceptors (Lipinski definition) is 4. The van der Waals surface area contributed by atoms with Crippen molar-refractivity contribution in [3.63, 3.8) is 0 Å². The van der Waals surface area contributed by atoms with Crippen molar-refractivity contribution in [1.82, 2.24) is 14.5 Å². The van der Waals surface area contributed by atoms with Gasteiger partial charge in [0, 0.05) is 18.5 Å². The van der Waals surface area contributed by atoms with Crippen LogP contribution in [0.4, 0.5) is 0 Å². The van der Waals surface area contributed by atoms with E-state index in [-0.39, 0.29) is 17.2 Å². The van der Waals surface area contributed by atoms with Gasteiger partial charge in [-0.05, 0) is 32.4 Å². The molecule has 2 heterocycles. The zero-order chi connectivity index (χ0) is 15.1. The van der Waals surface area contributed by atoms with E-state index in [1.165, 1.54) is 6.26 Å². The van der Waals surface area contributed by atoms with Crippen molar-refractivity contribution >= 4 is 32.6 Å². The van der Waals surface area contributed by atoms with Crippen LogP contribution in [-0.4, -0.2) is 35.0 Å². The highest BCUT2D eigenvalue weighted by molar-refractivity contribution is 7.90. The first kappa shape index (κ1) is 15.3. The van der Waals surface area contributed by atoms with Crippen LogP contribution in [0.15, 0.2) is 12.3 Å². The molecule has 2 aromatic heterocycles. The molecule has 0 saturated heterocycles. The minimum atomic E-state index is -3.09. The molecular formula is C13H18ClN3O2S. The van der Waals surface area contributed by atoms with Gasteiger partial charge in [0.1, 0.15) is 21.2 Å². The summed E-state index contributed by atoms with van der Waals surface area (Å²) in [6, 6.07) is 1.62. The predicted molar refractivity (Wildman–Crippen MR) is 81.0 cm³/mol. The lowest BCUT2D eigenvalue weighted by Gasteiger charge is -2.17. The number of rotatable bonds is 4. The van der Waals surface area contributed by atoms with Gasteiger partial charge in [-0.3, -0.25) is 0 Å². The maximum atomic E-state index is 11.5. The van der Waals surface area contributed by atoms with Crippen LogP contribution >= 0.6 is 11.6 Å². The van der Waals surface area contributed by atoms with Gasteiger partial charge in [0.15, 0.2) is 5.65 Å². The molecule has 7 heteroatoms. The van der Waals surface area contributed by atoms with Gasteiger partial charge in [-0.15, -0.1) is 11.6 Å². The second-order valence-electron chi connectivity index (χ2n) is 5.20. The molecule has 0 saturated carbocycles. The fourth-order valence-electron chi connectivity index (χ4n) is 2.36. The molecule has 0 radical (unpaired) electrons. The Hall–Kier alpha value is -1.14. The number of sulfone groups is 1. The lowest BCUT2D eigenvalue weighted by molar-refractivity contribution is 0.553. The average Bonchev–Trinajstić information content (AvgIpc) is 2.67. The number of pyridine rings is 1. The van der Waals surface area contributed by atoms with Crippen LogP contribution in [-0.2, 0) is 9.84 Å². The summed E-state index contributed by atoms with van der Waals surface area (Å²) in [6.07, 6.45) is 2.93. The van der Waals surface area contributed by atoms with Gasteiger partial charge in [0.2, 0.25) is 0 Å². The summed E-state index contributed by atoms with van der Waals surface area (Å²) in [5.41, 5.74) is 2.46. The monoisotopic (exact) mass is 315 g/mol. The molecular weight excluding hydrogens is 298 g/mol. The Morgan fingerprint density at radius 3 is 2.60 bits per heavy atom. The van der Waals surface area contributed by atoms with Gasteiger partial charge in [0.25, 0.3) is 0 Å². The Kier molecular flexibility index (Phi) is 4.07. The van der Waals surface area contributed by atoms with E-state index < -0.39 is 9.84 Å². The molecule has 2 atom stereocenters. The Morgan fingerprint density at radius 1 is 1.40 bits per heavy atom. The molecule has 110 valence electrons. The molecule has 0 fully saturated rings. The first-order valence-electron chi connectivity index (χ1n) is 6.36. The molecule has 0 aromatic carbocycles. The molecule has 2 rings (SSSR count). The minimum absolute atomic E-state index is 0.0324. The van der Waals surface area contributed by atoms with Gasteiger partial charge in [0.05, 0.1) is 11.1 Å². The third-order valence-electron chi connectivity index (χ3n) is 3.15. The molecule has 0 aliphatic rings. The minimum Gasteiger partial charge on any atom is -0.308 e. The van der Waals surface area contributed by atoms with Crippen molar-refractivity contribution in [3.05, 3.63) is 23.7 Å². The zero-order valence-electron chi connectivity index (χ0n) is 12.0. The summed E-state index contributed by atoms with van der Waals surface area (Å²) in [4.78, 5) is 8.88. The van der Waals surface area contributed by atoms with Gasteiger partial charge < -0.3 is 4.57 Å². The maximum Gasteiger partial charge on any atom is 0.160 e. The summed E-state index contributed by atoms with van der Waals surface area (Å²) in [5, 5.41) is -0.314. The van der Waals surface area contributed by atoms with E-state index in [9.17, 15) is 8.42 Å². The molecule has 20 heavy (non-hydrogen) atoms. The number of imidazole rings is 1. The molecule has 0 spiro atoms. The fraction of sp³-hybridized carbons (Fsp3) is 0.538. The normalized spacial score (nSPS) is 15.4. The second-order valence-corrected chi connectivity index (χ2v) is 8.04. The van der Waals surface area contributed by atoms with Crippen LogP contribution in [0.25, 0.3) is 11.2 Å². The highest BCUT2D eigenvalue weighted by Gasteiger charge is 2.23. The number of aryl methyl sites for hydroxylation is 1. The molecule has 0 amide bonds. The van der Waals surface area contributed by atoms with E-state index in [0.717, 1.165) is 11.1 Å². The fourth-order valence-corrected chi connectivity index (χ4v) is 3.53. The first-order valence-corrected chi connectivity index (χ1v) is 8.85. The lowest BCUT2D eigenvalue weighted by atomic mass is 10.2. The van der Waals surface area contributed by atoms with Crippen LogP contribution in [0.1, 0.15) is 36.7 Å². The zero-order valence-corrected chi connectivity index (χ0v) is 13.5. The standard InChI is InChI=1S/C13H18ClN3O2S/c1-8-5-6-15-13-11(8)16-12(10(3)14)17(13)9(2)7-20(4,18)19/h5-6,9-10H,7H2,1-4H3. The van der Waals surface area contributed by atoms with Crippen LogP contribution in [0.3, 0.4) is 0 Å². The molecule has 0 aliphatic heterocycles. The van der Waals surface area contributed by atoms with Crippen molar-refractivity contribution in [1.29, 1.82) is 0 Å². The lowest BCUT2D eigenvalue weighted by Crippen LogP contribution is -2.19. The van der Waals surface area contributed by atoms with E-state index >= 15 is 0 Å². The Labute approximate surface area is 123 Å². The van der Waals surface area contributed by atoms with Crippen LogP contribution < -0.4 is 0 Å². The Bertz CT molecular complexity index is 737. The van der Waals surface area contributed by atoms with Crippen molar-refractivity contribution in [2.45, 2.75) is 32.2 Å². The molecule has 0 aliphatic carbocycles. The summed E-state index contributed by atoms with van der Waals surface area (Å²) in [6.45, 7) is 5.61. The quantitative estimate of drug-likeness (QED) is 0.814. The molecule has 0 N–H and O–H groups in total. The number of fused-ring (bicyclic) bond motifs is 1. The molecule has 2 unspecified atom stereocenters. The van der Waals surface area contributed by atoms with E-state index in [2.05, 4.69) is 9.97 Å². The van der Waals surface area contributed by atoms with Crippen molar-refractivity contribution in [2.24, 2.45) is 0 Å². The van der Waals surface area contributed by atoms with E-state index in [4.69, 9.17) is 11.6 Å². The summed E-state index contributed by atoms with van der Waals surface area (Å²) in [7, 11) is -3.09. The summed E-state index contributed by atoms with van der Waals surface area (Å²) >= 11 is 6.19. The Balaban J connectivity index is 2.66. The SMILES string of the molecule is Cc1ccnc2c1nc(C(C)Cl)n2C(C)CS(C)(=O)=O. The highest BCUT2D eigenvalue weighted by atomic mass is 35.5. The summed E-state index contributed by atoms with van der Waals surface area (Å²) < 4.78 is 24.9. The van der Waals surface area contributed by atoms with E-state index in [0.29, 0.717) is 11.5 Å². The van der Waals surface area contributed by atoms with E-state index in [1.54, 1.807) is 6.20 Å². The molecule has 2 aromatic rings. The van der Waals surface area contributed by atoms with Crippen LogP contribution in [0.5, 0.6) is 0 Å². The van der Waals surface area contributed by atoms with Crippen molar-refractivity contribution in [3.8, 4) is 0 Å². The number of aromatic nitrogens is 3.